The Morgan fingerprint density at radius 1 is 1.03 bits per heavy atom. The number of halogens is 1. The molecular weight excluding hydrogens is 443 g/mol. The second-order valence-corrected chi connectivity index (χ2v) is 8.00. The van der Waals surface area contributed by atoms with Crippen molar-refractivity contribution in [3.63, 3.8) is 0 Å². The minimum Gasteiger partial charge on any atom is -0.493 e. The second kappa shape index (κ2) is 11.7. The molecule has 3 rings (SSSR count). The summed E-state index contributed by atoms with van der Waals surface area (Å²) < 4.78 is 35.7. The number of hydrogen-bond acceptors (Lipinski definition) is 6. The Balaban J connectivity index is 1.94. The molecule has 34 heavy (non-hydrogen) atoms. The van der Waals surface area contributed by atoms with Crippen molar-refractivity contribution in [2.24, 2.45) is 5.92 Å². The van der Waals surface area contributed by atoms with Gasteiger partial charge in [-0.1, -0.05) is 12.1 Å². The Kier molecular flexibility index (Phi) is 8.70. The SMILES string of the molecule is COCCCNC(=O)[C@@H]1CN(C(=O)c2ccccc2F)C[C@@H]1c1cc(OC)c(OC)c(OC)c1. The molecule has 184 valence electrons. The van der Waals surface area contributed by atoms with Gasteiger partial charge in [0.2, 0.25) is 11.7 Å². The highest BCUT2D eigenvalue weighted by atomic mass is 19.1. The van der Waals surface area contributed by atoms with Crippen molar-refractivity contribution < 1.29 is 32.9 Å². The number of nitrogens with zero attached hydrogens (tertiary/aromatic N) is 1. The predicted molar refractivity (Wildman–Crippen MR) is 124 cm³/mol. The van der Waals surface area contributed by atoms with Crippen LogP contribution < -0.4 is 19.5 Å². The quantitative estimate of drug-likeness (QED) is 0.533. The van der Waals surface area contributed by atoms with Crippen LogP contribution in [0.2, 0.25) is 0 Å². The lowest BCUT2D eigenvalue weighted by Crippen LogP contribution is -2.36. The smallest absolute Gasteiger partial charge is 0.256 e. The molecule has 0 aromatic heterocycles. The minimum absolute atomic E-state index is 0.0210. The molecule has 1 aliphatic rings. The van der Waals surface area contributed by atoms with Crippen LogP contribution in [0.3, 0.4) is 0 Å². The van der Waals surface area contributed by atoms with Gasteiger partial charge in [0.1, 0.15) is 5.82 Å². The molecule has 9 heteroatoms. The summed E-state index contributed by atoms with van der Waals surface area (Å²) in [5.41, 5.74) is 0.739. The van der Waals surface area contributed by atoms with Gasteiger partial charge in [-0.2, -0.15) is 0 Å². The molecule has 0 aliphatic carbocycles. The zero-order valence-corrected chi connectivity index (χ0v) is 19.9. The van der Waals surface area contributed by atoms with E-state index in [2.05, 4.69) is 5.32 Å². The van der Waals surface area contributed by atoms with Crippen LogP contribution in [0.1, 0.15) is 28.3 Å². The molecule has 2 atom stereocenters. The topological polar surface area (TPSA) is 86.3 Å². The van der Waals surface area contributed by atoms with Gasteiger partial charge < -0.3 is 29.2 Å². The number of benzene rings is 2. The lowest BCUT2D eigenvalue weighted by Gasteiger charge is -2.21. The maximum Gasteiger partial charge on any atom is 0.256 e. The lowest BCUT2D eigenvalue weighted by molar-refractivity contribution is -0.125. The van der Waals surface area contributed by atoms with Gasteiger partial charge in [-0.05, 0) is 36.2 Å². The Labute approximate surface area is 198 Å². The van der Waals surface area contributed by atoms with E-state index in [-0.39, 0.29) is 30.5 Å². The van der Waals surface area contributed by atoms with Gasteiger partial charge in [0.15, 0.2) is 11.5 Å². The summed E-state index contributed by atoms with van der Waals surface area (Å²) in [7, 11) is 6.15. The van der Waals surface area contributed by atoms with Gasteiger partial charge in [-0.15, -0.1) is 0 Å². The molecule has 8 nitrogen and oxygen atoms in total. The number of amides is 2. The maximum absolute atomic E-state index is 14.3. The molecule has 1 saturated heterocycles. The van der Waals surface area contributed by atoms with Gasteiger partial charge in [0.25, 0.3) is 5.91 Å². The highest BCUT2D eigenvalue weighted by Gasteiger charge is 2.41. The first-order valence-electron chi connectivity index (χ1n) is 11.1. The van der Waals surface area contributed by atoms with Crippen LogP contribution in [-0.2, 0) is 9.53 Å². The molecule has 1 aliphatic heterocycles. The van der Waals surface area contributed by atoms with Crippen molar-refractivity contribution in [3.05, 3.63) is 53.3 Å². The lowest BCUT2D eigenvalue weighted by atomic mass is 9.88. The van der Waals surface area contributed by atoms with Gasteiger partial charge in [0.05, 0.1) is 32.8 Å². The van der Waals surface area contributed by atoms with Crippen molar-refractivity contribution >= 4 is 11.8 Å². The first-order valence-corrected chi connectivity index (χ1v) is 11.1. The van der Waals surface area contributed by atoms with E-state index in [1.165, 1.54) is 44.4 Å². The number of likely N-dealkylation sites (tertiary alicyclic amines) is 1. The first kappa shape index (κ1) is 25.3. The summed E-state index contributed by atoms with van der Waals surface area (Å²) in [6, 6.07) is 9.42. The normalized spacial score (nSPS) is 17.4. The van der Waals surface area contributed by atoms with Crippen LogP contribution in [0.4, 0.5) is 4.39 Å². The van der Waals surface area contributed by atoms with Crippen molar-refractivity contribution in [3.8, 4) is 17.2 Å². The molecule has 2 amide bonds. The highest BCUT2D eigenvalue weighted by Crippen LogP contribution is 2.43. The van der Waals surface area contributed by atoms with E-state index >= 15 is 0 Å². The van der Waals surface area contributed by atoms with Crippen LogP contribution in [0.15, 0.2) is 36.4 Å². The Hall–Kier alpha value is -3.33. The fourth-order valence-electron chi connectivity index (χ4n) is 4.25. The third-order valence-electron chi connectivity index (χ3n) is 5.99. The Bertz CT molecular complexity index is 990. The van der Waals surface area contributed by atoms with Crippen molar-refractivity contribution in [1.82, 2.24) is 10.2 Å². The van der Waals surface area contributed by atoms with Crippen LogP contribution in [-0.4, -0.2) is 71.4 Å². The summed E-state index contributed by atoms with van der Waals surface area (Å²) in [6.07, 6.45) is 0.668. The number of carbonyl (C=O) groups excluding carboxylic acids is 2. The standard InChI is InChI=1S/C25H31FN2O6/c1-31-11-7-10-27-24(29)19-15-28(25(30)17-8-5-6-9-20(17)26)14-18(19)16-12-21(32-2)23(34-4)22(13-16)33-3/h5-6,8-9,12-13,18-19H,7,10-11,14-15H2,1-4H3,(H,27,29)/t18-,19-/m1/s1. The fraction of sp³-hybridized carbons (Fsp3) is 0.440. The third-order valence-corrected chi connectivity index (χ3v) is 5.99. The molecule has 2 aromatic carbocycles. The largest absolute Gasteiger partial charge is 0.493 e. The van der Waals surface area contributed by atoms with Crippen LogP contribution in [0, 0.1) is 11.7 Å². The second-order valence-electron chi connectivity index (χ2n) is 8.00. The zero-order chi connectivity index (χ0) is 24.7. The number of rotatable bonds is 10. The number of nitrogens with one attached hydrogen (secondary N) is 1. The van der Waals surface area contributed by atoms with E-state index in [0.29, 0.717) is 36.8 Å². The Morgan fingerprint density at radius 2 is 1.71 bits per heavy atom. The number of carbonyl (C=O) groups is 2. The highest BCUT2D eigenvalue weighted by molar-refractivity contribution is 5.95. The summed E-state index contributed by atoms with van der Waals surface area (Å²) in [6.45, 7) is 1.37. The van der Waals surface area contributed by atoms with E-state index in [9.17, 15) is 14.0 Å². The van der Waals surface area contributed by atoms with Gasteiger partial charge in [-0.25, -0.2) is 4.39 Å². The zero-order valence-electron chi connectivity index (χ0n) is 19.9. The van der Waals surface area contributed by atoms with Gasteiger partial charge >= 0.3 is 0 Å². The van der Waals surface area contributed by atoms with Crippen LogP contribution in [0.25, 0.3) is 0 Å². The molecular formula is C25H31FN2O6. The fourth-order valence-corrected chi connectivity index (χ4v) is 4.25. The maximum atomic E-state index is 14.3. The average Bonchev–Trinajstić information content (AvgIpc) is 3.31. The predicted octanol–water partition coefficient (Wildman–Crippen LogP) is 2.86. The molecule has 0 radical (unpaired) electrons. The molecule has 0 unspecified atom stereocenters. The van der Waals surface area contributed by atoms with Crippen LogP contribution >= 0.6 is 0 Å². The van der Waals surface area contributed by atoms with E-state index in [0.717, 1.165) is 5.56 Å². The Morgan fingerprint density at radius 3 is 2.29 bits per heavy atom. The van der Waals surface area contributed by atoms with E-state index < -0.39 is 17.6 Å². The molecule has 1 heterocycles. The summed E-state index contributed by atoms with van der Waals surface area (Å²) in [5, 5.41) is 2.93. The van der Waals surface area contributed by atoms with Crippen molar-refractivity contribution in [1.29, 1.82) is 0 Å². The van der Waals surface area contributed by atoms with Crippen LogP contribution in [0.5, 0.6) is 17.2 Å². The van der Waals surface area contributed by atoms with E-state index in [1.807, 2.05) is 0 Å². The summed E-state index contributed by atoms with van der Waals surface area (Å²) >= 11 is 0. The molecule has 2 aromatic rings. The van der Waals surface area contributed by atoms with Crippen molar-refractivity contribution in [2.75, 3.05) is 54.7 Å². The molecule has 0 saturated carbocycles. The molecule has 0 spiro atoms. The van der Waals surface area contributed by atoms with E-state index in [1.54, 1.807) is 25.3 Å². The number of hydrogen-bond donors (Lipinski definition) is 1. The minimum atomic E-state index is -0.593. The summed E-state index contributed by atoms with van der Waals surface area (Å²) in [5.74, 6) is -0.780. The van der Waals surface area contributed by atoms with Gasteiger partial charge in [0, 0.05) is 39.3 Å². The van der Waals surface area contributed by atoms with E-state index in [4.69, 9.17) is 18.9 Å². The first-order chi connectivity index (χ1) is 16.4. The summed E-state index contributed by atoms with van der Waals surface area (Å²) in [4.78, 5) is 27.8. The third kappa shape index (κ3) is 5.41. The van der Waals surface area contributed by atoms with Gasteiger partial charge in [-0.3, -0.25) is 9.59 Å². The molecule has 1 N–H and O–H groups in total. The monoisotopic (exact) mass is 474 g/mol. The molecule has 1 fully saturated rings. The number of methoxy groups -OCH3 is 4. The average molecular weight is 475 g/mol. The molecule has 0 bridgehead atoms. The van der Waals surface area contributed by atoms with Crippen molar-refractivity contribution in [2.45, 2.75) is 12.3 Å². The number of ether oxygens (including phenoxy) is 4.